The number of allylic oxidation sites excluding steroid dienone is 2. The maximum atomic E-state index is 11.4. The highest BCUT2D eigenvalue weighted by Crippen LogP contribution is 2.10. The van der Waals surface area contributed by atoms with E-state index in [4.69, 9.17) is 0 Å². The van der Waals surface area contributed by atoms with E-state index in [9.17, 15) is 4.79 Å². The van der Waals surface area contributed by atoms with Gasteiger partial charge in [-0.25, -0.2) is 0 Å². The highest BCUT2D eigenvalue weighted by molar-refractivity contribution is 5.83. The van der Waals surface area contributed by atoms with Gasteiger partial charge in [0, 0.05) is 5.54 Å². The lowest BCUT2D eigenvalue weighted by molar-refractivity contribution is -0.123. The highest BCUT2D eigenvalue weighted by Gasteiger charge is 2.19. The van der Waals surface area contributed by atoms with Crippen LogP contribution in [0, 0.1) is 5.92 Å². The molecule has 1 aliphatic rings. The van der Waals surface area contributed by atoms with Crippen molar-refractivity contribution in [2.45, 2.75) is 26.3 Å². The molecule has 0 saturated carbocycles. The van der Waals surface area contributed by atoms with Crippen LogP contribution in [-0.4, -0.2) is 11.4 Å². The molecule has 66 valence electrons. The normalized spacial score (nSPS) is 16.9. The van der Waals surface area contributed by atoms with Crippen LogP contribution in [0.4, 0.5) is 0 Å². The lowest BCUT2D eigenvalue weighted by Crippen LogP contribution is -2.42. The monoisotopic (exact) mass is 165 g/mol. The third kappa shape index (κ3) is 2.53. The van der Waals surface area contributed by atoms with Crippen molar-refractivity contribution in [3.05, 3.63) is 24.3 Å². The van der Waals surface area contributed by atoms with Crippen LogP contribution in [0.25, 0.3) is 0 Å². The number of amides is 1. The summed E-state index contributed by atoms with van der Waals surface area (Å²) in [5, 5.41) is 2.92. The fraction of sp³-hybridized carbons (Fsp3) is 0.500. The van der Waals surface area contributed by atoms with Gasteiger partial charge in [-0.1, -0.05) is 24.3 Å². The summed E-state index contributed by atoms with van der Waals surface area (Å²) in [5.74, 6) is 0.0109. The molecule has 1 rings (SSSR count). The van der Waals surface area contributed by atoms with Crippen LogP contribution in [0.3, 0.4) is 0 Å². The molecule has 1 aliphatic carbocycles. The van der Waals surface area contributed by atoms with Gasteiger partial charge in [-0.05, 0) is 20.8 Å². The van der Waals surface area contributed by atoms with Crippen LogP contribution in [0.2, 0.25) is 0 Å². The highest BCUT2D eigenvalue weighted by atomic mass is 16.2. The first kappa shape index (κ1) is 9.04. The summed E-state index contributed by atoms with van der Waals surface area (Å²) >= 11 is 0. The van der Waals surface area contributed by atoms with E-state index in [0.717, 1.165) is 0 Å². The fourth-order valence-electron chi connectivity index (χ4n) is 1.06. The number of carbonyl (C=O) groups excluding carboxylic acids is 1. The van der Waals surface area contributed by atoms with Crippen molar-refractivity contribution in [1.82, 2.24) is 5.32 Å². The van der Waals surface area contributed by atoms with Crippen molar-refractivity contribution in [3.63, 3.8) is 0 Å². The lowest BCUT2D eigenvalue weighted by Gasteiger charge is -2.21. The summed E-state index contributed by atoms with van der Waals surface area (Å²) in [4.78, 5) is 11.4. The van der Waals surface area contributed by atoms with Gasteiger partial charge < -0.3 is 5.32 Å². The molecule has 1 amide bonds. The van der Waals surface area contributed by atoms with Crippen LogP contribution < -0.4 is 5.32 Å². The molecule has 0 bridgehead atoms. The molecule has 0 unspecified atom stereocenters. The molecule has 0 atom stereocenters. The Morgan fingerprint density at radius 3 is 2.17 bits per heavy atom. The van der Waals surface area contributed by atoms with E-state index < -0.39 is 0 Å². The third-order valence-electron chi connectivity index (χ3n) is 1.55. The van der Waals surface area contributed by atoms with Gasteiger partial charge in [0.2, 0.25) is 5.91 Å². The van der Waals surface area contributed by atoms with E-state index in [1.165, 1.54) is 0 Å². The molecule has 0 aromatic rings. The second kappa shape index (κ2) is 3.13. The summed E-state index contributed by atoms with van der Waals surface area (Å²) in [6.07, 6.45) is 7.57. The summed E-state index contributed by atoms with van der Waals surface area (Å²) in [6, 6.07) is 0. The topological polar surface area (TPSA) is 29.1 Å². The standard InChI is InChI=1S/C10H15NO/c1-10(2,3)11-9(12)8-6-4-5-7-8/h4-8H,1-3H3,(H,11,12). The zero-order valence-corrected chi connectivity index (χ0v) is 7.79. The van der Waals surface area contributed by atoms with Gasteiger partial charge in [0.1, 0.15) is 0 Å². The molecule has 2 nitrogen and oxygen atoms in total. The maximum Gasteiger partial charge on any atom is 0.231 e. The molecule has 0 spiro atoms. The molecule has 0 aliphatic heterocycles. The molecule has 0 fully saturated rings. The van der Waals surface area contributed by atoms with Gasteiger partial charge in [-0.2, -0.15) is 0 Å². The molecular weight excluding hydrogens is 150 g/mol. The second-order valence-corrected chi connectivity index (χ2v) is 4.03. The van der Waals surface area contributed by atoms with E-state index in [2.05, 4.69) is 5.32 Å². The maximum absolute atomic E-state index is 11.4. The minimum atomic E-state index is -0.138. The van der Waals surface area contributed by atoms with Crippen molar-refractivity contribution < 1.29 is 4.79 Å². The summed E-state index contributed by atoms with van der Waals surface area (Å²) in [5.41, 5.74) is -0.138. The van der Waals surface area contributed by atoms with Gasteiger partial charge in [-0.3, -0.25) is 4.79 Å². The molecular formula is C10H15NO. The molecule has 0 heterocycles. The Bertz CT molecular complexity index is 221. The number of nitrogens with one attached hydrogen (secondary N) is 1. The molecule has 12 heavy (non-hydrogen) atoms. The van der Waals surface area contributed by atoms with Gasteiger partial charge in [0.25, 0.3) is 0 Å². The van der Waals surface area contributed by atoms with E-state index in [0.29, 0.717) is 0 Å². The van der Waals surface area contributed by atoms with Crippen LogP contribution in [0.15, 0.2) is 24.3 Å². The minimum Gasteiger partial charge on any atom is -0.351 e. The quantitative estimate of drug-likeness (QED) is 0.628. The molecule has 0 radical (unpaired) electrons. The van der Waals surface area contributed by atoms with Gasteiger partial charge in [-0.15, -0.1) is 0 Å². The Morgan fingerprint density at radius 1 is 1.25 bits per heavy atom. The van der Waals surface area contributed by atoms with Crippen molar-refractivity contribution in [2.24, 2.45) is 5.92 Å². The minimum absolute atomic E-state index is 0.0655. The van der Waals surface area contributed by atoms with Crippen molar-refractivity contribution >= 4 is 5.91 Å². The van der Waals surface area contributed by atoms with Crippen molar-refractivity contribution in [2.75, 3.05) is 0 Å². The molecule has 0 aromatic carbocycles. The second-order valence-electron chi connectivity index (χ2n) is 4.03. The Balaban J connectivity index is 2.49. The van der Waals surface area contributed by atoms with E-state index in [-0.39, 0.29) is 17.4 Å². The SMILES string of the molecule is CC(C)(C)NC(=O)C1C=CC=C1. The van der Waals surface area contributed by atoms with Gasteiger partial charge in [0.15, 0.2) is 0 Å². The summed E-state index contributed by atoms with van der Waals surface area (Å²) < 4.78 is 0. The van der Waals surface area contributed by atoms with Gasteiger partial charge >= 0.3 is 0 Å². The average Bonchev–Trinajstić information content (AvgIpc) is 2.32. The number of hydrogen-bond acceptors (Lipinski definition) is 1. The van der Waals surface area contributed by atoms with Crippen LogP contribution >= 0.6 is 0 Å². The summed E-state index contributed by atoms with van der Waals surface area (Å²) in [7, 11) is 0. The Hall–Kier alpha value is -1.05. The molecule has 0 saturated heterocycles. The van der Waals surface area contributed by atoms with Gasteiger partial charge in [0.05, 0.1) is 5.92 Å². The number of hydrogen-bond donors (Lipinski definition) is 1. The zero-order valence-electron chi connectivity index (χ0n) is 7.79. The third-order valence-corrected chi connectivity index (χ3v) is 1.55. The van der Waals surface area contributed by atoms with E-state index in [1.54, 1.807) is 0 Å². The first-order chi connectivity index (χ1) is 5.49. The largest absolute Gasteiger partial charge is 0.351 e. The van der Waals surface area contributed by atoms with Crippen LogP contribution in [0.5, 0.6) is 0 Å². The van der Waals surface area contributed by atoms with Crippen LogP contribution in [-0.2, 0) is 4.79 Å². The van der Waals surface area contributed by atoms with Crippen molar-refractivity contribution in [1.29, 1.82) is 0 Å². The first-order valence-electron chi connectivity index (χ1n) is 4.16. The number of carbonyl (C=O) groups is 1. The van der Waals surface area contributed by atoms with E-state index >= 15 is 0 Å². The Morgan fingerprint density at radius 2 is 1.75 bits per heavy atom. The first-order valence-corrected chi connectivity index (χ1v) is 4.16. The van der Waals surface area contributed by atoms with Crippen molar-refractivity contribution in [3.8, 4) is 0 Å². The predicted octanol–water partition coefficient (Wildman–Crippen LogP) is 1.64. The molecule has 1 N–H and O–H groups in total. The summed E-state index contributed by atoms with van der Waals surface area (Å²) in [6.45, 7) is 5.94. The number of rotatable bonds is 1. The Kier molecular flexibility index (Phi) is 2.36. The van der Waals surface area contributed by atoms with E-state index in [1.807, 2.05) is 45.1 Å². The smallest absolute Gasteiger partial charge is 0.231 e. The molecule has 0 aromatic heterocycles. The lowest BCUT2D eigenvalue weighted by atomic mass is 10.1. The fourth-order valence-corrected chi connectivity index (χ4v) is 1.06. The average molecular weight is 165 g/mol. The van der Waals surface area contributed by atoms with Crippen LogP contribution in [0.1, 0.15) is 20.8 Å². The Labute approximate surface area is 73.4 Å². The molecule has 2 heteroatoms. The predicted molar refractivity (Wildman–Crippen MR) is 49.7 cm³/mol. The zero-order chi connectivity index (χ0) is 9.19.